The molecule has 0 radical (unpaired) electrons. The second-order valence-corrected chi connectivity index (χ2v) is 5.76. The van der Waals surface area contributed by atoms with Crippen molar-refractivity contribution in [2.45, 2.75) is 39.7 Å². The number of aromatic nitrogens is 2. The van der Waals surface area contributed by atoms with Crippen molar-refractivity contribution < 1.29 is 5.11 Å². The molecule has 1 aliphatic heterocycles. The maximum atomic E-state index is 9.16. The maximum absolute atomic E-state index is 9.16. The number of hydrogen-bond acceptors (Lipinski definition) is 4. The number of piperidine rings is 1. The molecule has 0 saturated carbocycles. The van der Waals surface area contributed by atoms with Crippen LogP contribution >= 0.6 is 0 Å². The lowest BCUT2D eigenvalue weighted by Crippen LogP contribution is -2.37. The summed E-state index contributed by atoms with van der Waals surface area (Å²) in [5.41, 5.74) is 2.44. The smallest absolute Gasteiger partial charge is 0.131 e. The molecule has 0 bridgehead atoms. The predicted molar refractivity (Wildman–Crippen MR) is 82.0 cm³/mol. The van der Waals surface area contributed by atoms with E-state index in [4.69, 9.17) is 5.11 Å². The van der Waals surface area contributed by atoms with Crippen LogP contribution in [-0.2, 0) is 13.6 Å². The minimum absolute atomic E-state index is 0.299. The van der Waals surface area contributed by atoms with Gasteiger partial charge in [-0.05, 0) is 38.6 Å². The Morgan fingerprint density at radius 2 is 2.25 bits per heavy atom. The third kappa shape index (κ3) is 3.33. The van der Waals surface area contributed by atoms with Gasteiger partial charge in [0.05, 0.1) is 5.69 Å². The summed E-state index contributed by atoms with van der Waals surface area (Å²) in [7, 11) is 2.04. The van der Waals surface area contributed by atoms with E-state index in [9.17, 15) is 0 Å². The molecular formula is C15H28N4O. The average molecular weight is 280 g/mol. The molecule has 1 unspecified atom stereocenters. The molecule has 1 aromatic rings. The fourth-order valence-electron chi connectivity index (χ4n) is 3.22. The Hall–Kier alpha value is -1.07. The van der Waals surface area contributed by atoms with E-state index in [1.165, 1.54) is 24.2 Å². The van der Waals surface area contributed by atoms with Gasteiger partial charge in [0.1, 0.15) is 5.82 Å². The second kappa shape index (κ2) is 7.09. The fraction of sp³-hybridized carbons (Fsp3) is 0.800. The van der Waals surface area contributed by atoms with Crippen LogP contribution in [0.3, 0.4) is 0 Å². The first-order valence-electron chi connectivity index (χ1n) is 7.76. The highest BCUT2D eigenvalue weighted by Crippen LogP contribution is 2.29. The molecule has 5 nitrogen and oxygen atoms in total. The molecule has 0 spiro atoms. The van der Waals surface area contributed by atoms with Gasteiger partial charge in [-0.15, -0.1) is 0 Å². The minimum Gasteiger partial charge on any atom is -0.396 e. The zero-order valence-corrected chi connectivity index (χ0v) is 13.0. The number of aryl methyl sites for hydroxylation is 2. The van der Waals surface area contributed by atoms with Gasteiger partial charge in [-0.1, -0.05) is 6.92 Å². The van der Waals surface area contributed by atoms with Crippen LogP contribution in [0.15, 0.2) is 0 Å². The standard InChI is InChI=1S/C15H28N4O/c1-4-16-10-14-12(2)17-18(3)15(14)19-8-5-6-13(11-19)7-9-20/h13,16,20H,4-11H2,1-3H3. The van der Waals surface area contributed by atoms with Gasteiger partial charge in [-0.2, -0.15) is 5.10 Å². The molecule has 2 rings (SSSR count). The summed E-state index contributed by atoms with van der Waals surface area (Å²) < 4.78 is 2.02. The van der Waals surface area contributed by atoms with Gasteiger partial charge in [0.15, 0.2) is 0 Å². The largest absolute Gasteiger partial charge is 0.396 e. The molecule has 1 saturated heterocycles. The Bertz CT molecular complexity index is 428. The summed E-state index contributed by atoms with van der Waals surface area (Å²) in [5.74, 6) is 1.86. The molecule has 5 heteroatoms. The van der Waals surface area contributed by atoms with Gasteiger partial charge in [0, 0.05) is 38.9 Å². The number of aliphatic hydroxyl groups excluding tert-OH is 1. The number of hydrogen-bond donors (Lipinski definition) is 2. The fourth-order valence-corrected chi connectivity index (χ4v) is 3.22. The van der Waals surface area contributed by atoms with Crippen molar-refractivity contribution in [3.63, 3.8) is 0 Å². The number of aliphatic hydroxyl groups is 1. The Morgan fingerprint density at radius 1 is 1.45 bits per heavy atom. The molecule has 0 amide bonds. The average Bonchev–Trinajstić information content (AvgIpc) is 2.71. The molecule has 114 valence electrons. The summed E-state index contributed by atoms with van der Waals surface area (Å²) in [5, 5.41) is 17.2. The van der Waals surface area contributed by atoms with Gasteiger partial charge >= 0.3 is 0 Å². The van der Waals surface area contributed by atoms with Crippen molar-refractivity contribution in [2.75, 3.05) is 31.1 Å². The monoisotopic (exact) mass is 280 g/mol. The highest BCUT2D eigenvalue weighted by Gasteiger charge is 2.25. The Labute approximate surface area is 122 Å². The maximum Gasteiger partial charge on any atom is 0.131 e. The summed E-state index contributed by atoms with van der Waals surface area (Å²) in [4.78, 5) is 2.45. The van der Waals surface area contributed by atoms with Gasteiger partial charge in [-0.25, -0.2) is 0 Å². The van der Waals surface area contributed by atoms with Gasteiger partial charge in [-0.3, -0.25) is 4.68 Å². The first-order valence-corrected chi connectivity index (χ1v) is 7.76. The van der Waals surface area contributed by atoms with E-state index >= 15 is 0 Å². The third-order valence-corrected chi connectivity index (χ3v) is 4.22. The first-order chi connectivity index (χ1) is 9.67. The Balaban J connectivity index is 2.17. The molecular weight excluding hydrogens is 252 g/mol. The van der Waals surface area contributed by atoms with Crippen molar-refractivity contribution in [2.24, 2.45) is 13.0 Å². The molecule has 1 fully saturated rings. The van der Waals surface area contributed by atoms with Crippen LogP contribution in [0.5, 0.6) is 0 Å². The topological polar surface area (TPSA) is 53.3 Å². The molecule has 0 aliphatic carbocycles. The number of rotatable bonds is 6. The molecule has 2 N–H and O–H groups in total. The molecule has 20 heavy (non-hydrogen) atoms. The molecule has 2 heterocycles. The minimum atomic E-state index is 0.299. The summed E-state index contributed by atoms with van der Waals surface area (Å²) in [6.07, 6.45) is 3.35. The van der Waals surface area contributed by atoms with Crippen LogP contribution in [0.2, 0.25) is 0 Å². The molecule has 1 aliphatic rings. The van der Waals surface area contributed by atoms with Crippen LogP contribution in [0.4, 0.5) is 5.82 Å². The quantitative estimate of drug-likeness (QED) is 0.828. The van der Waals surface area contributed by atoms with E-state index in [-0.39, 0.29) is 0 Å². The van der Waals surface area contributed by atoms with Crippen LogP contribution < -0.4 is 10.2 Å². The zero-order valence-electron chi connectivity index (χ0n) is 13.0. The SMILES string of the molecule is CCNCc1c(C)nn(C)c1N1CCCC(CCO)C1. The van der Waals surface area contributed by atoms with Crippen molar-refractivity contribution in [1.82, 2.24) is 15.1 Å². The van der Waals surface area contributed by atoms with Crippen LogP contribution in [0.1, 0.15) is 37.4 Å². The first kappa shape index (κ1) is 15.3. The van der Waals surface area contributed by atoms with Gasteiger partial charge in [0.25, 0.3) is 0 Å². The number of nitrogens with zero attached hydrogens (tertiary/aromatic N) is 3. The van der Waals surface area contributed by atoms with E-state index in [2.05, 4.69) is 29.2 Å². The summed E-state index contributed by atoms with van der Waals surface area (Å²) >= 11 is 0. The lowest BCUT2D eigenvalue weighted by Gasteiger charge is -2.34. The van der Waals surface area contributed by atoms with Crippen molar-refractivity contribution in [3.8, 4) is 0 Å². The number of anilines is 1. The zero-order chi connectivity index (χ0) is 14.5. The number of nitrogens with one attached hydrogen (secondary N) is 1. The second-order valence-electron chi connectivity index (χ2n) is 5.76. The predicted octanol–water partition coefficient (Wildman–Crippen LogP) is 1.44. The normalized spacial score (nSPS) is 19.6. The molecule has 0 aromatic carbocycles. The van der Waals surface area contributed by atoms with Gasteiger partial charge < -0.3 is 15.3 Å². The highest BCUT2D eigenvalue weighted by molar-refractivity contribution is 5.50. The third-order valence-electron chi connectivity index (χ3n) is 4.22. The molecule has 1 aromatic heterocycles. The van der Waals surface area contributed by atoms with E-state index < -0.39 is 0 Å². The summed E-state index contributed by atoms with van der Waals surface area (Å²) in [6, 6.07) is 0. The van der Waals surface area contributed by atoms with Crippen LogP contribution in [0, 0.1) is 12.8 Å². The molecule has 1 atom stereocenters. The van der Waals surface area contributed by atoms with E-state index in [0.29, 0.717) is 12.5 Å². The Morgan fingerprint density at radius 3 is 2.95 bits per heavy atom. The van der Waals surface area contributed by atoms with Crippen LogP contribution in [0.25, 0.3) is 0 Å². The van der Waals surface area contributed by atoms with E-state index in [0.717, 1.165) is 38.3 Å². The van der Waals surface area contributed by atoms with E-state index in [1.807, 2.05) is 11.7 Å². The van der Waals surface area contributed by atoms with E-state index in [1.54, 1.807) is 0 Å². The lowest BCUT2D eigenvalue weighted by molar-refractivity contribution is 0.244. The van der Waals surface area contributed by atoms with Crippen molar-refractivity contribution in [1.29, 1.82) is 0 Å². The van der Waals surface area contributed by atoms with Crippen LogP contribution in [-0.4, -0.2) is 41.1 Å². The Kier molecular flexibility index (Phi) is 5.43. The van der Waals surface area contributed by atoms with Crippen molar-refractivity contribution >= 4 is 5.82 Å². The van der Waals surface area contributed by atoms with Crippen molar-refractivity contribution in [3.05, 3.63) is 11.3 Å². The summed E-state index contributed by atoms with van der Waals surface area (Å²) in [6.45, 7) is 8.51. The van der Waals surface area contributed by atoms with Gasteiger partial charge in [0.2, 0.25) is 0 Å². The highest BCUT2D eigenvalue weighted by atomic mass is 16.3. The lowest BCUT2D eigenvalue weighted by atomic mass is 9.95.